The van der Waals surface area contributed by atoms with Crippen molar-refractivity contribution in [1.82, 2.24) is 4.90 Å². The molecule has 0 aromatic carbocycles. The molecule has 0 unspecified atom stereocenters. The fourth-order valence-electron chi connectivity index (χ4n) is 1.76. The van der Waals surface area contributed by atoms with Gasteiger partial charge in [0.05, 0.1) is 0 Å². The van der Waals surface area contributed by atoms with Gasteiger partial charge in [0.1, 0.15) is 0 Å². The zero-order chi connectivity index (χ0) is 12.2. The largest absolute Gasteiger partial charge is 0.465 e. The van der Waals surface area contributed by atoms with E-state index in [1.165, 1.54) is 25.7 Å². The Kier molecular flexibility index (Phi) is 10.3. The Morgan fingerprint density at radius 3 is 1.62 bits per heavy atom. The number of rotatable bonds is 10. The van der Waals surface area contributed by atoms with E-state index in [0.29, 0.717) is 13.1 Å². The van der Waals surface area contributed by atoms with Gasteiger partial charge >= 0.3 is 6.09 Å². The quantitative estimate of drug-likeness (QED) is 0.572. The minimum atomic E-state index is -0.756. The normalized spacial score (nSPS) is 10.4. The molecule has 0 fully saturated rings. The summed E-state index contributed by atoms with van der Waals surface area (Å²) in [5.41, 5.74) is 0. The van der Waals surface area contributed by atoms with Gasteiger partial charge in [-0.05, 0) is 12.8 Å². The highest BCUT2D eigenvalue weighted by Gasteiger charge is 2.09. The van der Waals surface area contributed by atoms with E-state index in [-0.39, 0.29) is 0 Å². The SMILES string of the molecule is CCCCCCN(CCCCCC)C(=O)O. The van der Waals surface area contributed by atoms with Crippen LogP contribution in [0.2, 0.25) is 0 Å². The molecule has 0 aromatic heterocycles. The minimum absolute atomic E-state index is 0.710. The molecule has 16 heavy (non-hydrogen) atoms. The molecule has 1 N–H and O–H groups in total. The smallest absolute Gasteiger partial charge is 0.407 e. The van der Waals surface area contributed by atoms with Gasteiger partial charge in [0, 0.05) is 13.1 Å². The van der Waals surface area contributed by atoms with Crippen LogP contribution in [0.5, 0.6) is 0 Å². The van der Waals surface area contributed by atoms with Gasteiger partial charge in [0.2, 0.25) is 0 Å². The lowest BCUT2D eigenvalue weighted by molar-refractivity contribution is 0.143. The fourth-order valence-corrected chi connectivity index (χ4v) is 1.76. The number of carbonyl (C=O) groups is 1. The summed E-state index contributed by atoms with van der Waals surface area (Å²) < 4.78 is 0. The molecule has 0 aromatic rings. The molecule has 96 valence electrons. The highest BCUT2D eigenvalue weighted by Crippen LogP contribution is 2.05. The van der Waals surface area contributed by atoms with E-state index in [0.717, 1.165) is 25.7 Å². The zero-order valence-electron chi connectivity index (χ0n) is 10.9. The Labute approximate surface area is 99.8 Å². The Morgan fingerprint density at radius 2 is 1.31 bits per heavy atom. The van der Waals surface area contributed by atoms with Crippen molar-refractivity contribution < 1.29 is 9.90 Å². The Hall–Kier alpha value is -0.730. The Bertz CT molecular complexity index is 159. The zero-order valence-corrected chi connectivity index (χ0v) is 10.9. The van der Waals surface area contributed by atoms with Gasteiger partial charge in [-0.1, -0.05) is 52.4 Å². The number of unbranched alkanes of at least 4 members (excludes halogenated alkanes) is 6. The molecule has 3 nitrogen and oxygen atoms in total. The van der Waals surface area contributed by atoms with Crippen LogP contribution in [0.15, 0.2) is 0 Å². The van der Waals surface area contributed by atoms with Crippen LogP contribution in [0.3, 0.4) is 0 Å². The molecule has 0 aliphatic heterocycles. The molecule has 0 saturated carbocycles. The summed E-state index contributed by atoms with van der Waals surface area (Å²) in [4.78, 5) is 12.5. The molecule has 0 radical (unpaired) electrons. The Balaban J connectivity index is 3.59. The first kappa shape index (κ1) is 15.3. The summed E-state index contributed by atoms with van der Waals surface area (Å²) in [6.45, 7) is 5.75. The summed E-state index contributed by atoms with van der Waals surface area (Å²) in [6.07, 6.45) is 8.37. The standard InChI is InChI=1S/C13H27NO2/c1-3-5-7-9-11-14(13(15)16)12-10-8-6-4-2/h3-12H2,1-2H3,(H,15,16). The molecule has 0 atom stereocenters. The summed E-state index contributed by atoms with van der Waals surface area (Å²) in [5.74, 6) is 0. The first-order valence-corrected chi connectivity index (χ1v) is 6.70. The molecule has 0 bridgehead atoms. The molecule has 0 aliphatic carbocycles. The van der Waals surface area contributed by atoms with Gasteiger partial charge in [-0.3, -0.25) is 0 Å². The molecule has 0 aliphatic rings. The summed E-state index contributed by atoms with van der Waals surface area (Å²) in [6, 6.07) is 0. The van der Waals surface area contributed by atoms with Gasteiger partial charge in [-0.15, -0.1) is 0 Å². The second-order valence-electron chi connectivity index (χ2n) is 4.39. The molecular weight excluding hydrogens is 202 g/mol. The monoisotopic (exact) mass is 229 g/mol. The van der Waals surface area contributed by atoms with E-state index in [9.17, 15) is 4.79 Å². The van der Waals surface area contributed by atoms with E-state index in [1.807, 2.05) is 0 Å². The van der Waals surface area contributed by atoms with Gasteiger partial charge in [-0.2, -0.15) is 0 Å². The molecule has 1 amide bonds. The molecule has 3 heteroatoms. The van der Waals surface area contributed by atoms with E-state index < -0.39 is 6.09 Å². The van der Waals surface area contributed by atoms with Crippen molar-refractivity contribution in [2.75, 3.05) is 13.1 Å². The van der Waals surface area contributed by atoms with Crippen molar-refractivity contribution in [2.24, 2.45) is 0 Å². The maximum Gasteiger partial charge on any atom is 0.407 e. The number of hydrogen-bond acceptors (Lipinski definition) is 1. The van der Waals surface area contributed by atoms with Gasteiger partial charge in [0.15, 0.2) is 0 Å². The van der Waals surface area contributed by atoms with Crippen molar-refractivity contribution in [3.63, 3.8) is 0 Å². The molecule has 0 spiro atoms. The van der Waals surface area contributed by atoms with Crippen LogP contribution in [0.4, 0.5) is 4.79 Å². The van der Waals surface area contributed by atoms with E-state index >= 15 is 0 Å². The molecule has 0 heterocycles. The van der Waals surface area contributed by atoms with Gasteiger partial charge in [-0.25, -0.2) is 4.79 Å². The van der Waals surface area contributed by atoms with Crippen LogP contribution in [0.25, 0.3) is 0 Å². The second kappa shape index (κ2) is 10.8. The number of hydrogen-bond donors (Lipinski definition) is 1. The lowest BCUT2D eigenvalue weighted by Crippen LogP contribution is -2.31. The predicted molar refractivity (Wildman–Crippen MR) is 67.9 cm³/mol. The van der Waals surface area contributed by atoms with Crippen LogP contribution in [0.1, 0.15) is 65.2 Å². The third-order valence-corrected chi connectivity index (χ3v) is 2.83. The third-order valence-electron chi connectivity index (χ3n) is 2.83. The number of nitrogens with zero attached hydrogens (tertiary/aromatic N) is 1. The highest BCUT2D eigenvalue weighted by molar-refractivity contribution is 5.64. The average Bonchev–Trinajstić information content (AvgIpc) is 2.26. The van der Waals surface area contributed by atoms with Crippen molar-refractivity contribution in [2.45, 2.75) is 65.2 Å². The average molecular weight is 229 g/mol. The molecule has 0 rings (SSSR count). The number of amides is 1. The van der Waals surface area contributed by atoms with Crippen LogP contribution in [-0.2, 0) is 0 Å². The summed E-state index contributed by atoms with van der Waals surface area (Å²) in [5, 5.41) is 9.01. The van der Waals surface area contributed by atoms with Crippen molar-refractivity contribution >= 4 is 6.09 Å². The van der Waals surface area contributed by atoms with Gasteiger partial charge < -0.3 is 10.0 Å². The molecular formula is C13H27NO2. The van der Waals surface area contributed by atoms with E-state index in [2.05, 4.69) is 13.8 Å². The summed E-state index contributed by atoms with van der Waals surface area (Å²) >= 11 is 0. The van der Waals surface area contributed by atoms with Crippen molar-refractivity contribution in [3.8, 4) is 0 Å². The second-order valence-corrected chi connectivity index (χ2v) is 4.39. The highest BCUT2D eigenvalue weighted by atomic mass is 16.4. The molecule has 0 saturated heterocycles. The maximum atomic E-state index is 11.0. The van der Waals surface area contributed by atoms with Crippen molar-refractivity contribution in [3.05, 3.63) is 0 Å². The lowest BCUT2D eigenvalue weighted by atomic mass is 10.2. The summed E-state index contributed by atoms with van der Waals surface area (Å²) in [7, 11) is 0. The number of carboxylic acid groups (broad SMARTS) is 1. The predicted octanol–water partition coefficient (Wildman–Crippen LogP) is 4.13. The minimum Gasteiger partial charge on any atom is -0.465 e. The topological polar surface area (TPSA) is 40.5 Å². The first-order valence-electron chi connectivity index (χ1n) is 6.70. The van der Waals surface area contributed by atoms with Crippen molar-refractivity contribution in [1.29, 1.82) is 0 Å². The van der Waals surface area contributed by atoms with Gasteiger partial charge in [0.25, 0.3) is 0 Å². The van der Waals surface area contributed by atoms with E-state index in [1.54, 1.807) is 4.90 Å². The maximum absolute atomic E-state index is 11.0. The fraction of sp³-hybridized carbons (Fsp3) is 0.923. The lowest BCUT2D eigenvalue weighted by Gasteiger charge is -2.18. The van der Waals surface area contributed by atoms with Crippen LogP contribution in [-0.4, -0.2) is 29.2 Å². The van der Waals surface area contributed by atoms with Crippen LogP contribution >= 0.6 is 0 Å². The van der Waals surface area contributed by atoms with E-state index in [4.69, 9.17) is 5.11 Å². The third kappa shape index (κ3) is 8.57. The first-order chi connectivity index (χ1) is 7.72. The Morgan fingerprint density at radius 1 is 0.875 bits per heavy atom. The van der Waals surface area contributed by atoms with Crippen LogP contribution < -0.4 is 0 Å². The van der Waals surface area contributed by atoms with Crippen LogP contribution in [0, 0.1) is 0 Å².